The van der Waals surface area contributed by atoms with Crippen molar-refractivity contribution in [2.45, 2.75) is 83.0 Å². The molecule has 7 rings (SSSR count). The number of benzene rings is 3. The van der Waals surface area contributed by atoms with Gasteiger partial charge in [-0.3, -0.25) is 9.52 Å². The van der Waals surface area contributed by atoms with E-state index in [4.69, 9.17) is 0 Å². The van der Waals surface area contributed by atoms with E-state index in [0.717, 1.165) is 63.4 Å². The van der Waals surface area contributed by atoms with Gasteiger partial charge in [-0.2, -0.15) is 0 Å². The highest BCUT2D eigenvalue weighted by Gasteiger charge is 2.62. The van der Waals surface area contributed by atoms with Crippen LogP contribution in [0.4, 0.5) is 0 Å². The lowest BCUT2D eigenvalue weighted by atomic mass is 9.43. The average molecular weight is 626 g/mol. The zero-order chi connectivity index (χ0) is 31.5. The predicted molar refractivity (Wildman–Crippen MR) is 178 cm³/mol. The van der Waals surface area contributed by atoms with Gasteiger partial charge in [-0.1, -0.05) is 98.8 Å². The standard InChI is InChI=1S/C39H47NO4S/c1-37-23-24-39(42,30-15-13-29(14-16-30)28-11-7-4-8-12-28)25-31(37)17-18-32-33-19-20-35(38(33,2)22-21-34(32)37)36(41)40-45(43,44)26-27-9-5-3-6-10-27/h3-16,31-35,42H,17-26H2,1-2H3,(H,40,41). The molecule has 0 aliphatic heterocycles. The third-order valence-electron chi connectivity index (χ3n) is 13.0. The smallest absolute Gasteiger partial charge is 0.239 e. The maximum absolute atomic E-state index is 13.6. The molecule has 3 aromatic rings. The fourth-order valence-electron chi connectivity index (χ4n) is 10.6. The summed E-state index contributed by atoms with van der Waals surface area (Å²) in [6.45, 7) is 4.76. The van der Waals surface area contributed by atoms with E-state index < -0.39 is 15.6 Å². The van der Waals surface area contributed by atoms with Gasteiger partial charge in [0.25, 0.3) is 0 Å². The molecule has 2 N–H and O–H groups in total. The minimum absolute atomic E-state index is 0.174. The van der Waals surface area contributed by atoms with E-state index in [2.05, 4.69) is 67.1 Å². The van der Waals surface area contributed by atoms with Crippen LogP contribution < -0.4 is 4.72 Å². The lowest BCUT2D eigenvalue weighted by Crippen LogP contribution is -2.56. The lowest BCUT2D eigenvalue weighted by Gasteiger charge is -2.62. The molecule has 8 unspecified atom stereocenters. The zero-order valence-electron chi connectivity index (χ0n) is 26.6. The number of nitrogens with one attached hydrogen (secondary N) is 1. The number of fused-ring (bicyclic) bond motifs is 5. The van der Waals surface area contributed by atoms with Crippen molar-refractivity contribution in [1.82, 2.24) is 4.72 Å². The van der Waals surface area contributed by atoms with Crippen LogP contribution in [0, 0.1) is 40.4 Å². The topological polar surface area (TPSA) is 83.5 Å². The minimum atomic E-state index is -3.76. The van der Waals surface area contributed by atoms with Crippen molar-refractivity contribution in [3.8, 4) is 11.1 Å². The summed E-state index contributed by atoms with van der Waals surface area (Å²) in [6, 6.07) is 28.0. The first-order valence-corrected chi connectivity index (χ1v) is 18.6. The van der Waals surface area contributed by atoms with E-state index >= 15 is 0 Å². The van der Waals surface area contributed by atoms with E-state index in [1.165, 1.54) is 11.1 Å². The van der Waals surface area contributed by atoms with Crippen molar-refractivity contribution in [2.24, 2.45) is 40.4 Å². The number of hydrogen-bond donors (Lipinski definition) is 2. The molecule has 0 bridgehead atoms. The van der Waals surface area contributed by atoms with Gasteiger partial charge in [-0.25, -0.2) is 8.42 Å². The summed E-state index contributed by atoms with van der Waals surface area (Å²) >= 11 is 0. The zero-order valence-corrected chi connectivity index (χ0v) is 27.4. The summed E-state index contributed by atoms with van der Waals surface area (Å²) < 4.78 is 28.4. The van der Waals surface area contributed by atoms with E-state index in [9.17, 15) is 18.3 Å². The SMILES string of the molecule is CC12CCC(O)(c3ccc(-c4ccccc4)cc3)CC1CCC1C2CCC2(C)C(C(=O)NS(=O)(=O)Cc3ccccc3)CCC12. The number of hydrogen-bond acceptors (Lipinski definition) is 4. The Labute approximate surface area is 268 Å². The Bertz CT molecular complexity index is 1640. The molecule has 4 aliphatic rings. The third-order valence-corrected chi connectivity index (χ3v) is 14.3. The Morgan fingerprint density at radius 3 is 2.11 bits per heavy atom. The molecule has 1 amide bonds. The Morgan fingerprint density at radius 1 is 0.756 bits per heavy atom. The lowest BCUT2D eigenvalue weighted by molar-refractivity contribution is -0.156. The number of carbonyl (C=O) groups is 1. The highest BCUT2D eigenvalue weighted by atomic mass is 32.2. The van der Waals surface area contributed by atoms with Gasteiger partial charge in [-0.15, -0.1) is 0 Å². The first-order chi connectivity index (χ1) is 21.5. The highest BCUT2D eigenvalue weighted by molar-refractivity contribution is 7.89. The second-order valence-electron chi connectivity index (χ2n) is 15.2. The van der Waals surface area contributed by atoms with Crippen molar-refractivity contribution in [3.05, 3.63) is 96.1 Å². The molecule has 8 atom stereocenters. The number of amides is 1. The molecule has 0 aromatic heterocycles. The van der Waals surface area contributed by atoms with Gasteiger partial charge in [0.05, 0.1) is 11.4 Å². The summed E-state index contributed by atoms with van der Waals surface area (Å²) in [5.74, 6) is 1.29. The molecule has 0 saturated heterocycles. The van der Waals surface area contributed by atoms with Crippen molar-refractivity contribution in [2.75, 3.05) is 0 Å². The number of aliphatic hydroxyl groups is 1. The third kappa shape index (κ3) is 5.46. The van der Waals surface area contributed by atoms with Crippen LogP contribution in [0.2, 0.25) is 0 Å². The Morgan fingerprint density at radius 2 is 1.40 bits per heavy atom. The highest BCUT2D eigenvalue weighted by Crippen LogP contribution is 2.68. The molecule has 5 nitrogen and oxygen atoms in total. The summed E-state index contributed by atoms with van der Waals surface area (Å²) in [7, 11) is -3.76. The second kappa shape index (κ2) is 11.4. The van der Waals surface area contributed by atoms with Crippen LogP contribution in [0.3, 0.4) is 0 Å². The Kier molecular flexibility index (Phi) is 7.76. The molecule has 238 valence electrons. The molecular formula is C39H47NO4S. The summed E-state index contributed by atoms with van der Waals surface area (Å²) in [6.07, 6.45) is 8.64. The van der Waals surface area contributed by atoms with E-state index in [1.807, 2.05) is 24.3 Å². The molecule has 0 radical (unpaired) electrons. The molecule has 4 saturated carbocycles. The van der Waals surface area contributed by atoms with Crippen LogP contribution in [0.1, 0.15) is 82.8 Å². The Balaban J connectivity index is 1.03. The van der Waals surface area contributed by atoms with Gasteiger partial charge >= 0.3 is 0 Å². The Hall–Kier alpha value is -2.96. The number of rotatable bonds is 6. The van der Waals surface area contributed by atoms with Crippen molar-refractivity contribution in [1.29, 1.82) is 0 Å². The quantitative estimate of drug-likeness (QED) is 0.292. The molecule has 0 heterocycles. The van der Waals surface area contributed by atoms with Gasteiger partial charge in [0.15, 0.2) is 0 Å². The fraction of sp³-hybridized carbons (Fsp3) is 0.513. The first kappa shape index (κ1) is 30.7. The molecular weight excluding hydrogens is 578 g/mol. The van der Waals surface area contributed by atoms with Crippen LogP contribution in [-0.4, -0.2) is 19.4 Å². The van der Waals surface area contributed by atoms with Crippen molar-refractivity contribution >= 4 is 15.9 Å². The van der Waals surface area contributed by atoms with Crippen LogP contribution in [0.15, 0.2) is 84.9 Å². The summed E-state index contributed by atoms with van der Waals surface area (Å²) in [5, 5.41) is 12.0. The van der Waals surface area contributed by atoms with Gasteiger partial charge in [0.2, 0.25) is 15.9 Å². The fourth-order valence-corrected chi connectivity index (χ4v) is 11.7. The minimum Gasteiger partial charge on any atom is -0.385 e. The van der Waals surface area contributed by atoms with Gasteiger partial charge in [0, 0.05) is 5.92 Å². The maximum atomic E-state index is 13.6. The van der Waals surface area contributed by atoms with Crippen molar-refractivity contribution < 1.29 is 18.3 Å². The molecule has 4 aliphatic carbocycles. The second-order valence-corrected chi connectivity index (χ2v) is 16.9. The van der Waals surface area contributed by atoms with Gasteiger partial charge < -0.3 is 5.11 Å². The maximum Gasteiger partial charge on any atom is 0.239 e. The predicted octanol–water partition coefficient (Wildman–Crippen LogP) is 7.85. The molecule has 0 spiro atoms. The number of carbonyl (C=O) groups excluding carboxylic acids is 1. The van der Waals surface area contributed by atoms with Crippen LogP contribution >= 0.6 is 0 Å². The van der Waals surface area contributed by atoms with Crippen LogP contribution in [-0.2, 0) is 26.2 Å². The van der Waals surface area contributed by atoms with Crippen molar-refractivity contribution in [3.63, 3.8) is 0 Å². The molecule has 3 aromatic carbocycles. The first-order valence-electron chi connectivity index (χ1n) is 17.0. The van der Waals surface area contributed by atoms with Crippen LogP contribution in [0.5, 0.6) is 0 Å². The normalized spacial score (nSPS) is 35.9. The average Bonchev–Trinajstić information content (AvgIpc) is 3.39. The van der Waals surface area contributed by atoms with E-state index in [-0.39, 0.29) is 28.4 Å². The van der Waals surface area contributed by atoms with Gasteiger partial charge in [0.1, 0.15) is 0 Å². The molecule has 6 heteroatoms. The summed E-state index contributed by atoms with van der Waals surface area (Å²) in [5.41, 5.74) is 3.29. The number of sulfonamides is 1. The van der Waals surface area contributed by atoms with Gasteiger partial charge in [-0.05, 0) is 115 Å². The molecule has 45 heavy (non-hydrogen) atoms. The van der Waals surface area contributed by atoms with E-state index in [1.54, 1.807) is 12.1 Å². The summed E-state index contributed by atoms with van der Waals surface area (Å²) in [4.78, 5) is 13.6. The van der Waals surface area contributed by atoms with Crippen LogP contribution in [0.25, 0.3) is 11.1 Å². The monoisotopic (exact) mass is 625 g/mol. The molecule has 4 fully saturated rings. The largest absolute Gasteiger partial charge is 0.385 e. The van der Waals surface area contributed by atoms with E-state index in [0.29, 0.717) is 29.2 Å².